The van der Waals surface area contributed by atoms with Crippen LogP contribution in [0.25, 0.3) is 10.2 Å². The molecule has 0 bridgehead atoms. The number of carbonyl (C=O) groups excluding carboxylic acids is 1. The van der Waals surface area contributed by atoms with Crippen LogP contribution in [-0.2, 0) is 16.0 Å². The summed E-state index contributed by atoms with van der Waals surface area (Å²) in [7, 11) is 0. The Labute approximate surface area is 119 Å². The van der Waals surface area contributed by atoms with Gasteiger partial charge in [-0.3, -0.25) is 4.79 Å². The first kappa shape index (κ1) is 14.4. The lowest BCUT2D eigenvalue weighted by Gasteiger charge is -2.06. The van der Waals surface area contributed by atoms with Gasteiger partial charge in [-0.2, -0.15) is 0 Å². The Morgan fingerprint density at radius 3 is 2.80 bits per heavy atom. The highest BCUT2D eigenvalue weighted by molar-refractivity contribution is 7.18. The van der Waals surface area contributed by atoms with E-state index in [1.54, 1.807) is 0 Å². The van der Waals surface area contributed by atoms with Crippen molar-refractivity contribution >= 4 is 33.4 Å². The first-order chi connectivity index (χ1) is 9.56. The van der Waals surface area contributed by atoms with Gasteiger partial charge in [-0.1, -0.05) is 12.1 Å². The Balaban J connectivity index is 1.82. The Morgan fingerprint density at radius 1 is 1.35 bits per heavy atom. The highest BCUT2D eigenvalue weighted by Crippen LogP contribution is 2.22. The number of nitrogens with one attached hydrogen (secondary N) is 1. The maximum absolute atomic E-state index is 11.5. The van der Waals surface area contributed by atoms with Crippen molar-refractivity contribution in [2.45, 2.75) is 18.9 Å². The van der Waals surface area contributed by atoms with Crippen molar-refractivity contribution in [2.24, 2.45) is 0 Å². The van der Waals surface area contributed by atoms with E-state index in [9.17, 15) is 9.59 Å². The van der Waals surface area contributed by atoms with Crippen molar-refractivity contribution in [3.8, 4) is 0 Å². The number of carboxylic acids is 1. The molecule has 0 radical (unpaired) electrons. The van der Waals surface area contributed by atoms with E-state index in [0.29, 0.717) is 6.42 Å². The molecule has 0 unspecified atom stereocenters. The first-order valence-electron chi connectivity index (χ1n) is 6.08. The lowest BCUT2D eigenvalue weighted by molar-refractivity contribution is -0.146. The maximum Gasteiger partial charge on any atom is 0.334 e. The largest absolute Gasteiger partial charge is 0.479 e. The van der Waals surface area contributed by atoms with Gasteiger partial charge in [0, 0.05) is 12.8 Å². The van der Waals surface area contributed by atoms with E-state index in [0.717, 1.165) is 15.2 Å². The van der Waals surface area contributed by atoms with Crippen LogP contribution in [0.15, 0.2) is 24.3 Å². The zero-order chi connectivity index (χ0) is 14.5. The molecule has 2 aromatic rings. The Kier molecular flexibility index (Phi) is 4.65. The molecule has 7 heteroatoms. The molecular formula is C13H14N2O4S. The lowest BCUT2D eigenvalue weighted by atomic mass is 10.3. The van der Waals surface area contributed by atoms with E-state index in [1.165, 1.54) is 11.3 Å². The van der Waals surface area contributed by atoms with Gasteiger partial charge >= 0.3 is 5.97 Å². The van der Waals surface area contributed by atoms with Crippen molar-refractivity contribution < 1.29 is 19.8 Å². The predicted octanol–water partition coefficient (Wildman–Crippen LogP) is 0.791. The number of carbonyl (C=O) groups is 2. The van der Waals surface area contributed by atoms with E-state index >= 15 is 0 Å². The molecule has 0 aliphatic rings. The minimum absolute atomic E-state index is 0.214. The standard InChI is InChI=1S/C13H14N2O4S/c16-9(13(18)19)7-14-11(17)5-6-12-15-8-3-1-2-4-10(8)20-12/h1-4,9,16H,5-7H2,(H,14,17)(H,18,19)/t9-/m0/s1. The second-order valence-electron chi connectivity index (χ2n) is 4.23. The molecule has 1 aromatic heterocycles. The summed E-state index contributed by atoms with van der Waals surface area (Å²) in [5, 5.41) is 20.7. The summed E-state index contributed by atoms with van der Waals surface area (Å²) < 4.78 is 1.07. The molecule has 0 saturated carbocycles. The third-order valence-corrected chi connectivity index (χ3v) is 3.78. The minimum Gasteiger partial charge on any atom is -0.479 e. The molecule has 1 aromatic carbocycles. The van der Waals surface area contributed by atoms with Gasteiger partial charge < -0.3 is 15.5 Å². The molecule has 0 aliphatic carbocycles. The van der Waals surface area contributed by atoms with Crippen LogP contribution in [-0.4, -0.2) is 39.7 Å². The number of aliphatic carboxylic acids is 1. The number of rotatable bonds is 6. The van der Waals surface area contributed by atoms with Crippen LogP contribution in [0.3, 0.4) is 0 Å². The summed E-state index contributed by atoms with van der Waals surface area (Å²) in [4.78, 5) is 26.3. The number of aryl methyl sites for hydroxylation is 1. The molecule has 0 fully saturated rings. The average Bonchev–Trinajstić information content (AvgIpc) is 2.85. The summed E-state index contributed by atoms with van der Waals surface area (Å²) >= 11 is 1.53. The Bertz CT molecular complexity index is 593. The normalized spacial score (nSPS) is 12.2. The number of aliphatic hydroxyl groups is 1. The lowest BCUT2D eigenvalue weighted by Crippen LogP contribution is -2.36. The van der Waals surface area contributed by atoms with Crippen LogP contribution < -0.4 is 5.32 Å². The zero-order valence-electron chi connectivity index (χ0n) is 10.6. The molecule has 20 heavy (non-hydrogen) atoms. The summed E-state index contributed by atoms with van der Waals surface area (Å²) in [5.41, 5.74) is 0.911. The van der Waals surface area contributed by atoms with Gasteiger partial charge in [0.2, 0.25) is 5.91 Å². The van der Waals surface area contributed by atoms with Gasteiger partial charge in [-0.05, 0) is 12.1 Å². The maximum atomic E-state index is 11.5. The molecular weight excluding hydrogens is 280 g/mol. The molecule has 2 rings (SSSR count). The SMILES string of the molecule is O=C(CCc1nc2ccccc2s1)NC[C@H](O)C(=O)O. The fourth-order valence-electron chi connectivity index (χ4n) is 1.63. The summed E-state index contributed by atoms with van der Waals surface area (Å²) in [6.45, 7) is -0.284. The monoisotopic (exact) mass is 294 g/mol. The number of benzene rings is 1. The fraction of sp³-hybridized carbons (Fsp3) is 0.308. The van der Waals surface area contributed by atoms with E-state index in [4.69, 9.17) is 10.2 Å². The van der Waals surface area contributed by atoms with Crippen LogP contribution in [0.5, 0.6) is 0 Å². The van der Waals surface area contributed by atoms with Crippen molar-refractivity contribution in [3.05, 3.63) is 29.3 Å². The van der Waals surface area contributed by atoms with Crippen LogP contribution in [0.1, 0.15) is 11.4 Å². The van der Waals surface area contributed by atoms with Gasteiger partial charge in [0.1, 0.15) is 0 Å². The number of thiazole rings is 1. The number of hydrogen-bond donors (Lipinski definition) is 3. The molecule has 106 valence electrons. The van der Waals surface area contributed by atoms with Gasteiger partial charge in [-0.15, -0.1) is 11.3 Å². The van der Waals surface area contributed by atoms with E-state index in [-0.39, 0.29) is 18.9 Å². The molecule has 3 N–H and O–H groups in total. The Hall–Kier alpha value is -1.99. The second kappa shape index (κ2) is 6.44. The van der Waals surface area contributed by atoms with Crippen LogP contribution in [0, 0.1) is 0 Å². The number of hydrogen-bond acceptors (Lipinski definition) is 5. The predicted molar refractivity (Wildman–Crippen MR) is 74.6 cm³/mol. The van der Waals surface area contributed by atoms with Crippen molar-refractivity contribution in [1.29, 1.82) is 0 Å². The van der Waals surface area contributed by atoms with Crippen molar-refractivity contribution in [3.63, 3.8) is 0 Å². The number of fused-ring (bicyclic) bond motifs is 1. The number of nitrogens with zero attached hydrogens (tertiary/aromatic N) is 1. The topological polar surface area (TPSA) is 99.5 Å². The highest BCUT2D eigenvalue weighted by atomic mass is 32.1. The molecule has 0 spiro atoms. The van der Waals surface area contributed by atoms with Crippen LogP contribution in [0.4, 0.5) is 0 Å². The van der Waals surface area contributed by atoms with Crippen LogP contribution >= 0.6 is 11.3 Å². The Morgan fingerprint density at radius 2 is 2.10 bits per heavy atom. The number of para-hydroxylation sites is 1. The van der Waals surface area contributed by atoms with Gasteiger partial charge in [-0.25, -0.2) is 9.78 Å². The molecule has 1 atom stereocenters. The van der Waals surface area contributed by atoms with Gasteiger partial charge in [0.25, 0.3) is 0 Å². The number of amides is 1. The number of aromatic nitrogens is 1. The number of carboxylic acid groups (broad SMARTS) is 1. The third-order valence-electron chi connectivity index (χ3n) is 2.68. The van der Waals surface area contributed by atoms with Crippen LogP contribution in [0.2, 0.25) is 0 Å². The molecule has 1 heterocycles. The molecule has 0 saturated heterocycles. The molecule has 1 amide bonds. The summed E-state index contributed by atoms with van der Waals surface area (Å²) in [5.74, 6) is -1.65. The quantitative estimate of drug-likeness (QED) is 0.731. The fourth-order valence-corrected chi connectivity index (χ4v) is 2.60. The number of aliphatic hydroxyl groups excluding tert-OH is 1. The molecule has 6 nitrogen and oxygen atoms in total. The zero-order valence-corrected chi connectivity index (χ0v) is 11.4. The second-order valence-corrected chi connectivity index (χ2v) is 5.35. The first-order valence-corrected chi connectivity index (χ1v) is 6.90. The summed E-state index contributed by atoms with van der Waals surface area (Å²) in [6, 6.07) is 7.73. The smallest absolute Gasteiger partial charge is 0.334 e. The van der Waals surface area contributed by atoms with E-state index in [2.05, 4.69) is 10.3 Å². The van der Waals surface area contributed by atoms with Gasteiger partial charge in [0.05, 0.1) is 21.8 Å². The average molecular weight is 294 g/mol. The van der Waals surface area contributed by atoms with E-state index < -0.39 is 12.1 Å². The summed E-state index contributed by atoms with van der Waals surface area (Å²) in [6.07, 6.45) is -0.859. The molecule has 0 aliphatic heterocycles. The minimum atomic E-state index is -1.57. The van der Waals surface area contributed by atoms with E-state index in [1.807, 2.05) is 24.3 Å². The van der Waals surface area contributed by atoms with Gasteiger partial charge in [0.15, 0.2) is 6.10 Å². The third kappa shape index (κ3) is 3.75. The highest BCUT2D eigenvalue weighted by Gasteiger charge is 2.14. The van der Waals surface area contributed by atoms with Crippen molar-refractivity contribution in [1.82, 2.24) is 10.3 Å². The van der Waals surface area contributed by atoms with Crippen molar-refractivity contribution in [2.75, 3.05) is 6.54 Å².